The molecule has 0 bridgehead atoms. The van der Waals surface area contributed by atoms with Crippen LogP contribution in [0.15, 0.2) is 26.5 Å². The Morgan fingerprint density at radius 3 is 1.46 bits per heavy atom. The van der Waals surface area contributed by atoms with Crippen molar-refractivity contribution in [1.29, 1.82) is 0 Å². The number of amides is 4. The molecule has 0 aromatic carbocycles. The van der Waals surface area contributed by atoms with Gasteiger partial charge in [0.25, 0.3) is 0 Å². The number of hydrogen-bond donors (Lipinski definition) is 0. The Morgan fingerprint density at radius 1 is 0.917 bits per heavy atom. The predicted molar refractivity (Wildman–Crippen MR) is 93.0 cm³/mol. The molecule has 1 heterocycles. The number of carbonyl (C=O) groups is 2. The molecule has 0 aliphatic carbocycles. The third kappa shape index (κ3) is 7.97. The van der Waals surface area contributed by atoms with Crippen molar-refractivity contribution in [3.05, 3.63) is 23.7 Å². The zero-order chi connectivity index (χ0) is 18.9. The molecule has 0 atom stereocenters. The molecule has 0 aliphatic rings. The van der Waals surface area contributed by atoms with Gasteiger partial charge >= 0.3 is 45.4 Å². The van der Waals surface area contributed by atoms with Crippen LogP contribution >= 0.6 is 20.2 Å². The number of rotatable bonds is 2. The van der Waals surface area contributed by atoms with Crippen LogP contribution in [0.1, 0.15) is 25.4 Å². The Hall–Kier alpha value is -1.34. The third-order valence-electron chi connectivity index (χ3n) is 2.61. The summed E-state index contributed by atoms with van der Waals surface area (Å²) in [6, 6.07) is 2.66. The van der Waals surface area contributed by atoms with Gasteiger partial charge in [0, 0.05) is 28.2 Å². The molecular weight excluding hydrogens is 399 g/mol. The standard InChI is InChI=1S/C14H20N4O3.2ClH.Fe/c1-9(15-13(19)17(3)4)11-7-8-12(21-11)10(2)16-14(20)18(5)6;;;/h7-8H,1-6H3;2*1H;/q;;;+2/p-2/b15-9+,16-10+;;;. The van der Waals surface area contributed by atoms with E-state index < -0.39 is 0 Å². The summed E-state index contributed by atoms with van der Waals surface area (Å²) < 4.78 is 5.57. The number of aliphatic imine (C=N–C) groups is 2. The second kappa shape index (κ2) is 11.3. The summed E-state index contributed by atoms with van der Waals surface area (Å²) in [5.41, 5.74) is 0.929. The van der Waals surface area contributed by atoms with E-state index in [0.717, 1.165) is 0 Å². The van der Waals surface area contributed by atoms with Crippen LogP contribution in [0, 0.1) is 0 Å². The van der Waals surface area contributed by atoms with Gasteiger partial charge in [-0.25, -0.2) is 9.59 Å². The number of urea groups is 2. The quantitative estimate of drug-likeness (QED) is 0.543. The summed E-state index contributed by atoms with van der Waals surface area (Å²) in [6.45, 7) is 3.36. The summed E-state index contributed by atoms with van der Waals surface area (Å²) in [5.74, 6) is 0.930. The molecule has 0 saturated carbocycles. The fraction of sp³-hybridized carbons (Fsp3) is 0.429. The fourth-order valence-electron chi connectivity index (χ4n) is 1.32. The molecule has 7 nitrogen and oxygen atoms in total. The van der Waals surface area contributed by atoms with Crippen LogP contribution in [0.4, 0.5) is 9.59 Å². The van der Waals surface area contributed by atoms with Crippen LogP contribution in [-0.4, -0.2) is 61.5 Å². The van der Waals surface area contributed by atoms with E-state index in [1.807, 2.05) is 0 Å². The molecule has 1 rings (SSSR count). The second-order valence-corrected chi connectivity index (χ2v) is 6.79. The molecule has 1 aromatic rings. The van der Waals surface area contributed by atoms with Gasteiger partial charge in [-0.1, -0.05) is 0 Å². The van der Waals surface area contributed by atoms with Crippen molar-refractivity contribution in [3.8, 4) is 0 Å². The number of hydrogen-bond acceptors (Lipinski definition) is 3. The van der Waals surface area contributed by atoms with Gasteiger partial charge in [0.1, 0.15) is 11.5 Å². The van der Waals surface area contributed by atoms with E-state index in [1.165, 1.54) is 9.80 Å². The summed E-state index contributed by atoms with van der Waals surface area (Å²) in [5, 5.41) is 0. The first kappa shape index (κ1) is 22.7. The van der Waals surface area contributed by atoms with Gasteiger partial charge in [-0.2, -0.15) is 9.98 Å². The first-order valence-corrected chi connectivity index (χ1v) is 9.66. The summed E-state index contributed by atoms with van der Waals surface area (Å²) >= 11 is 0.194. The van der Waals surface area contributed by atoms with Crippen LogP contribution in [-0.2, 0) is 13.1 Å². The molecular formula is C14H20Cl2FeN4O3. The number of nitrogens with zero attached hydrogens (tertiary/aromatic N) is 4. The SMILES string of the molecule is C/C(=N\C(=O)N(C)C)c1ccc(/C(C)=N/C(=O)N(C)C)o1.[Cl][Fe][Cl]. The first-order valence-electron chi connectivity index (χ1n) is 6.62. The third-order valence-corrected chi connectivity index (χ3v) is 2.61. The van der Waals surface area contributed by atoms with Gasteiger partial charge in [-0.15, -0.1) is 0 Å². The minimum absolute atomic E-state index is 0.194. The van der Waals surface area contributed by atoms with Crippen molar-refractivity contribution in [2.24, 2.45) is 9.98 Å². The molecule has 10 heteroatoms. The van der Waals surface area contributed by atoms with E-state index in [1.54, 1.807) is 54.2 Å². The van der Waals surface area contributed by atoms with Crippen molar-refractivity contribution in [1.82, 2.24) is 9.80 Å². The Balaban J connectivity index is 0.00000163. The van der Waals surface area contributed by atoms with Crippen LogP contribution < -0.4 is 0 Å². The normalized spacial score (nSPS) is 11.7. The molecule has 0 radical (unpaired) electrons. The summed E-state index contributed by atoms with van der Waals surface area (Å²) in [7, 11) is 16.0. The minimum atomic E-state index is -0.362. The van der Waals surface area contributed by atoms with Crippen LogP contribution in [0.25, 0.3) is 0 Å². The molecule has 0 aliphatic heterocycles. The Bertz CT molecular complexity index is 577. The number of carbonyl (C=O) groups excluding carboxylic acids is 2. The first-order chi connectivity index (χ1) is 11.1. The molecule has 0 unspecified atom stereocenters. The van der Waals surface area contributed by atoms with Gasteiger partial charge in [-0.05, 0) is 26.0 Å². The van der Waals surface area contributed by atoms with Crippen molar-refractivity contribution in [3.63, 3.8) is 0 Å². The molecule has 1 aromatic heterocycles. The summed E-state index contributed by atoms with van der Waals surface area (Å²) in [4.78, 5) is 33.6. The number of furan rings is 1. The van der Waals surface area contributed by atoms with Crippen molar-refractivity contribution < 1.29 is 27.1 Å². The van der Waals surface area contributed by atoms with E-state index >= 15 is 0 Å². The van der Waals surface area contributed by atoms with Gasteiger partial charge in [0.2, 0.25) is 0 Å². The van der Waals surface area contributed by atoms with Crippen molar-refractivity contribution >= 4 is 43.7 Å². The zero-order valence-corrected chi connectivity index (χ0v) is 16.9. The molecule has 0 fully saturated rings. The Labute approximate surface area is 156 Å². The molecule has 24 heavy (non-hydrogen) atoms. The Kier molecular flexibility index (Phi) is 10.6. The number of halogens is 2. The van der Waals surface area contributed by atoms with Gasteiger partial charge in [0.05, 0.1) is 11.4 Å². The molecule has 0 spiro atoms. The predicted octanol–water partition coefficient (Wildman–Crippen LogP) is 3.64. The van der Waals surface area contributed by atoms with E-state index in [-0.39, 0.29) is 25.2 Å². The molecule has 0 saturated heterocycles. The van der Waals surface area contributed by atoms with Crippen LogP contribution in [0.5, 0.6) is 0 Å². The van der Waals surface area contributed by atoms with E-state index in [2.05, 4.69) is 9.98 Å². The van der Waals surface area contributed by atoms with Gasteiger partial charge in [-0.3, -0.25) is 0 Å². The van der Waals surface area contributed by atoms with Crippen molar-refractivity contribution in [2.75, 3.05) is 28.2 Å². The Morgan fingerprint density at radius 2 is 1.21 bits per heavy atom. The molecule has 136 valence electrons. The van der Waals surface area contributed by atoms with E-state index in [0.29, 0.717) is 22.9 Å². The van der Waals surface area contributed by atoms with Gasteiger partial charge < -0.3 is 14.2 Å². The van der Waals surface area contributed by atoms with Gasteiger partial charge in [0.15, 0.2) is 0 Å². The monoisotopic (exact) mass is 418 g/mol. The van der Waals surface area contributed by atoms with Crippen LogP contribution in [0.2, 0.25) is 0 Å². The topological polar surface area (TPSA) is 78.5 Å². The summed E-state index contributed by atoms with van der Waals surface area (Å²) in [6.07, 6.45) is 0. The molecule has 4 amide bonds. The van der Waals surface area contributed by atoms with Crippen LogP contribution in [0.3, 0.4) is 0 Å². The molecule has 0 N–H and O–H groups in total. The zero-order valence-electron chi connectivity index (χ0n) is 14.3. The second-order valence-electron chi connectivity index (χ2n) is 4.96. The van der Waals surface area contributed by atoms with E-state index in [9.17, 15) is 9.59 Å². The average Bonchev–Trinajstić information content (AvgIpc) is 2.97. The maximum atomic E-state index is 11.5. The maximum absolute atomic E-state index is 11.5. The fourth-order valence-corrected chi connectivity index (χ4v) is 1.32. The average molecular weight is 419 g/mol. The van der Waals surface area contributed by atoms with E-state index in [4.69, 9.17) is 24.6 Å². The van der Waals surface area contributed by atoms with Crippen molar-refractivity contribution in [2.45, 2.75) is 13.8 Å².